The minimum atomic E-state index is -0.721. The Labute approximate surface area is 139 Å². The topological polar surface area (TPSA) is 68.3 Å². The first kappa shape index (κ1) is 17.4. The number of aromatic nitrogens is 1. The van der Waals surface area contributed by atoms with Gasteiger partial charge in [0.15, 0.2) is 5.13 Å². The van der Waals surface area contributed by atoms with Crippen LogP contribution >= 0.6 is 23.1 Å². The number of rotatable bonds is 5. The van der Waals surface area contributed by atoms with Gasteiger partial charge in [0.1, 0.15) is 16.5 Å². The summed E-state index contributed by atoms with van der Waals surface area (Å²) < 4.78 is 30.9. The standard InChI is InChI=1S/C14H12F2N2O3S2/c1-7-12(13(20)21-2)23-14(17-7)18-11(19)6-22-10-4-3-8(15)5-9(10)16/h3-5H,6H2,1-2H3,(H,17,18,19). The molecule has 2 rings (SSSR count). The quantitative estimate of drug-likeness (QED) is 0.656. The van der Waals surface area contributed by atoms with Crippen LogP contribution in [0.1, 0.15) is 15.4 Å². The Morgan fingerprint density at radius 3 is 2.78 bits per heavy atom. The fourth-order valence-corrected chi connectivity index (χ4v) is 3.24. The smallest absolute Gasteiger partial charge is 0.350 e. The summed E-state index contributed by atoms with van der Waals surface area (Å²) in [4.78, 5) is 27.8. The lowest BCUT2D eigenvalue weighted by molar-refractivity contribution is -0.113. The van der Waals surface area contributed by atoms with Gasteiger partial charge in [-0.25, -0.2) is 18.6 Å². The van der Waals surface area contributed by atoms with Crippen LogP contribution < -0.4 is 5.32 Å². The fourth-order valence-electron chi connectivity index (χ4n) is 1.62. The number of amides is 1. The van der Waals surface area contributed by atoms with E-state index < -0.39 is 23.5 Å². The molecule has 9 heteroatoms. The molecule has 0 bridgehead atoms. The number of hydrogen-bond donors (Lipinski definition) is 1. The van der Waals surface area contributed by atoms with Gasteiger partial charge < -0.3 is 10.1 Å². The minimum absolute atomic E-state index is 0.0747. The highest BCUT2D eigenvalue weighted by molar-refractivity contribution is 8.00. The average molecular weight is 358 g/mol. The summed E-state index contributed by atoms with van der Waals surface area (Å²) >= 11 is 1.93. The molecular formula is C14H12F2N2O3S2. The lowest BCUT2D eigenvalue weighted by atomic mass is 10.3. The van der Waals surface area contributed by atoms with E-state index >= 15 is 0 Å². The van der Waals surface area contributed by atoms with E-state index in [1.165, 1.54) is 13.2 Å². The van der Waals surface area contributed by atoms with Gasteiger partial charge >= 0.3 is 5.97 Å². The average Bonchev–Trinajstić information content (AvgIpc) is 2.86. The van der Waals surface area contributed by atoms with Crippen molar-refractivity contribution >= 4 is 40.1 Å². The highest BCUT2D eigenvalue weighted by Crippen LogP contribution is 2.25. The monoisotopic (exact) mass is 358 g/mol. The Kier molecular flexibility index (Phi) is 5.67. The van der Waals surface area contributed by atoms with Gasteiger partial charge in [-0.1, -0.05) is 11.3 Å². The lowest BCUT2D eigenvalue weighted by Crippen LogP contribution is -2.13. The Morgan fingerprint density at radius 1 is 1.39 bits per heavy atom. The largest absolute Gasteiger partial charge is 0.465 e. The zero-order valence-electron chi connectivity index (χ0n) is 12.2. The maximum Gasteiger partial charge on any atom is 0.350 e. The molecule has 1 N–H and O–H groups in total. The second kappa shape index (κ2) is 7.51. The van der Waals surface area contributed by atoms with Crippen LogP contribution in [0, 0.1) is 18.6 Å². The molecule has 1 aromatic carbocycles. The zero-order chi connectivity index (χ0) is 17.0. The summed E-state index contributed by atoms with van der Waals surface area (Å²) in [6.07, 6.45) is 0. The van der Waals surface area contributed by atoms with Crippen molar-refractivity contribution in [3.63, 3.8) is 0 Å². The fraction of sp³-hybridized carbons (Fsp3) is 0.214. The van der Waals surface area contributed by atoms with Crippen molar-refractivity contribution in [2.75, 3.05) is 18.2 Å². The molecule has 0 saturated heterocycles. The molecule has 0 atom stereocenters. The van der Waals surface area contributed by atoms with Gasteiger partial charge in [-0.15, -0.1) is 11.8 Å². The van der Waals surface area contributed by atoms with Crippen molar-refractivity contribution in [2.45, 2.75) is 11.8 Å². The summed E-state index contributed by atoms with van der Waals surface area (Å²) in [5, 5.41) is 2.78. The highest BCUT2D eigenvalue weighted by atomic mass is 32.2. The van der Waals surface area contributed by atoms with Crippen LogP contribution in [0.4, 0.5) is 13.9 Å². The van der Waals surface area contributed by atoms with Gasteiger partial charge in [0.2, 0.25) is 5.91 Å². The molecule has 0 aliphatic carbocycles. The van der Waals surface area contributed by atoms with E-state index in [9.17, 15) is 18.4 Å². The molecule has 0 aliphatic heterocycles. The van der Waals surface area contributed by atoms with Crippen LogP contribution in [-0.2, 0) is 9.53 Å². The maximum absolute atomic E-state index is 13.5. The number of carbonyl (C=O) groups excluding carboxylic acids is 2. The molecule has 1 aromatic heterocycles. The summed E-state index contributed by atoms with van der Waals surface area (Å²) in [6.45, 7) is 1.63. The van der Waals surface area contributed by atoms with E-state index in [1.54, 1.807) is 6.92 Å². The third-order valence-electron chi connectivity index (χ3n) is 2.67. The molecule has 122 valence electrons. The number of aryl methyl sites for hydroxylation is 1. The van der Waals surface area contributed by atoms with Gasteiger partial charge in [0.25, 0.3) is 0 Å². The van der Waals surface area contributed by atoms with Gasteiger partial charge in [0, 0.05) is 11.0 Å². The zero-order valence-corrected chi connectivity index (χ0v) is 13.8. The summed E-state index contributed by atoms with van der Waals surface area (Å²) in [7, 11) is 1.26. The SMILES string of the molecule is COC(=O)c1sc(NC(=O)CSc2ccc(F)cc2F)nc1C. The number of halogens is 2. The predicted molar refractivity (Wildman–Crippen MR) is 83.9 cm³/mol. The Morgan fingerprint density at radius 2 is 2.13 bits per heavy atom. The number of anilines is 1. The van der Waals surface area contributed by atoms with Crippen molar-refractivity contribution in [3.8, 4) is 0 Å². The molecule has 23 heavy (non-hydrogen) atoms. The van der Waals surface area contributed by atoms with E-state index in [0.717, 1.165) is 35.2 Å². The normalized spacial score (nSPS) is 10.4. The Hall–Kier alpha value is -2.00. The molecule has 5 nitrogen and oxygen atoms in total. The molecule has 0 spiro atoms. The van der Waals surface area contributed by atoms with Crippen molar-refractivity contribution in [1.29, 1.82) is 0 Å². The first-order valence-corrected chi connectivity index (χ1v) is 8.14. The van der Waals surface area contributed by atoms with Crippen LogP contribution in [0.5, 0.6) is 0 Å². The molecule has 2 aromatic rings. The number of esters is 1. The van der Waals surface area contributed by atoms with E-state index in [1.807, 2.05) is 0 Å². The van der Waals surface area contributed by atoms with E-state index in [0.29, 0.717) is 10.6 Å². The summed E-state index contributed by atoms with van der Waals surface area (Å²) in [6, 6.07) is 3.15. The van der Waals surface area contributed by atoms with Crippen molar-refractivity contribution < 1.29 is 23.1 Å². The second-order valence-corrected chi connectivity index (χ2v) is 6.35. The number of ether oxygens (including phenoxy) is 1. The first-order valence-electron chi connectivity index (χ1n) is 6.34. The number of nitrogens with one attached hydrogen (secondary N) is 1. The predicted octanol–water partition coefficient (Wildman–Crippen LogP) is 3.25. The molecule has 1 amide bonds. The third-order valence-corrected chi connectivity index (χ3v) is 4.77. The van der Waals surface area contributed by atoms with Gasteiger partial charge in [-0.2, -0.15) is 0 Å². The Balaban J connectivity index is 1.96. The van der Waals surface area contributed by atoms with Crippen LogP contribution in [0.15, 0.2) is 23.1 Å². The highest BCUT2D eigenvalue weighted by Gasteiger charge is 2.17. The first-order chi connectivity index (χ1) is 10.9. The number of methoxy groups -OCH3 is 1. The van der Waals surface area contributed by atoms with Crippen molar-refractivity contribution in [3.05, 3.63) is 40.4 Å². The van der Waals surface area contributed by atoms with Crippen molar-refractivity contribution in [1.82, 2.24) is 4.98 Å². The molecule has 0 aliphatic rings. The molecule has 1 heterocycles. The van der Waals surface area contributed by atoms with Gasteiger partial charge in [0.05, 0.1) is 18.6 Å². The van der Waals surface area contributed by atoms with Gasteiger partial charge in [-0.3, -0.25) is 4.79 Å². The molecular weight excluding hydrogens is 346 g/mol. The number of carbonyl (C=O) groups is 2. The van der Waals surface area contributed by atoms with E-state index in [2.05, 4.69) is 15.0 Å². The number of nitrogens with zero attached hydrogens (tertiary/aromatic N) is 1. The molecule has 0 unspecified atom stereocenters. The van der Waals surface area contributed by atoms with Crippen molar-refractivity contribution in [2.24, 2.45) is 0 Å². The van der Waals surface area contributed by atoms with Crippen LogP contribution in [0.2, 0.25) is 0 Å². The van der Waals surface area contributed by atoms with Crippen LogP contribution in [0.25, 0.3) is 0 Å². The minimum Gasteiger partial charge on any atom is -0.465 e. The molecule has 0 fully saturated rings. The van der Waals surface area contributed by atoms with Crippen LogP contribution in [0.3, 0.4) is 0 Å². The summed E-state index contributed by atoms with van der Waals surface area (Å²) in [5.74, 6) is -2.41. The van der Waals surface area contributed by atoms with Crippen LogP contribution in [-0.4, -0.2) is 29.7 Å². The summed E-state index contributed by atoms with van der Waals surface area (Å²) in [5.41, 5.74) is 0.453. The second-order valence-electron chi connectivity index (χ2n) is 4.34. The molecule has 0 radical (unpaired) electrons. The van der Waals surface area contributed by atoms with E-state index in [4.69, 9.17) is 0 Å². The lowest BCUT2D eigenvalue weighted by Gasteiger charge is -2.03. The molecule has 0 saturated carbocycles. The van der Waals surface area contributed by atoms with E-state index in [-0.39, 0.29) is 15.8 Å². The number of hydrogen-bond acceptors (Lipinski definition) is 6. The third kappa shape index (κ3) is 4.49. The number of benzene rings is 1. The number of thiazole rings is 1. The van der Waals surface area contributed by atoms with Gasteiger partial charge in [-0.05, 0) is 19.1 Å². The Bertz CT molecular complexity index is 750. The maximum atomic E-state index is 13.5. The number of thioether (sulfide) groups is 1.